The van der Waals surface area contributed by atoms with E-state index in [9.17, 15) is 9.59 Å². The number of carbonyl (C=O) groups is 2. The highest BCUT2D eigenvalue weighted by Gasteiger charge is 2.19. The number of carbonyl (C=O) groups excluding carboxylic acids is 2. The van der Waals surface area contributed by atoms with E-state index >= 15 is 0 Å². The minimum Gasteiger partial charge on any atom is -0.462 e. The van der Waals surface area contributed by atoms with E-state index in [1.54, 1.807) is 24.3 Å². The number of esters is 1. The quantitative estimate of drug-likeness (QED) is 0.184. The Morgan fingerprint density at radius 1 is 0.781 bits per heavy atom. The Labute approximate surface area is 197 Å². The lowest BCUT2D eigenvalue weighted by Crippen LogP contribution is -2.37. The van der Waals surface area contributed by atoms with Crippen LogP contribution < -0.4 is 0 Å². The Morgan fingerprint density at radius 3 is 1.81 bits per heavy atom. The van der Waals surface area contributed by atoms with Crippen LogP contribution in [0.2, 0.25) is 0 Å². The molecule has 0 bridgehead atoms. The van der Waals surface area contributed by atoms with E-state index in [-0.39, 0.29) is 11.9 Å². The van der Waals surface area contributed by atoms with Gasteiger partial charge in [-0.2, -0.15) is 0 Å². The van der Waals surface area contributed by atoms with Crippen LogP contribution in [-0.2, 0) is 4.74 Å². The van der Waals surface area contributed by atoms with Crippen molar-refractivity contribution >= 4 is 11.9 Å². The van der Waals surface area contributed by atoms with Gasteiger partial charge in [-0.15, -0.1) is 0 Å². The summed E-state index contributed by atoms with van der Waals surface area (Å²) in [6, 6.07) is 6.96. The molecule has 0 heterocycles. The first-order valence-electron chi connectivity index (χ1n) is 12.9. The first kappa shape index (κ1) is 28.2. The van der Waals surface area contributed by atoms with Crippen molar-refractivity contribution in [2.24, 2.45) is 11.8 Å². The molecule has 1 aromatic carbocycles. The molecule has 4 nitrogen and oxygen atoms in total. The zero-order chi connectivity index (χ0) is 23.8. The van der Waals surface area contributed by atoms with Gasteiger partial charge in [-0.05, 0) is 36.5 Å². The third kappa shape index (κ3) is 12.3. The molecule has 4 heteroatoms. The van der Waals surface area contributed by atoms with E-state index in [4.69, 9.17) is 4.74 Å². The van der Waals surface area contributed by atoms with Crippen LogP contribution in [0, 0.1) is 11.8 Å². The minimum absolute atomic E-state index is 0.0169. The molecule has 0 aliphatic heterocycles. The molecule has 0 unspecified atom stereocenters. The van der Waals surface area contributed by atoms with Gasteiger partial charge >= 0.3 is 5.97 Å². The molecule has 0 aromatic heterocycles. The maximum Gasteiger partial charge on any atom is 0.338 e. The van der Waals surface area contributed by atoms with Crippen molar-refractivity contribution in [3.05, 3.63) is 35.4 Å². The Balaban J connectivity index is 2.40. The summed E-state index contributed by atoms with van der Waals surface area (Å²) >= 11 is 0. The topological polar surface area (TPSA) is 46.6 Å². The largest absolute Gasteiger partial charge is 0.462 e. The fraction of sp³-hybridized carbons (Fsp3) is 0.714. The number of benzene rings is 1. The lowest BCUT2D eigenvalue weighted by molar-refractivity contribution is 0.0497. The Morgan fingerprint density at radius 2 is 1.28 bits per heavy atom. The second kappa shape index (κ2) is 16.7. The first-order valence-corrected chi connectivity index (χ1v) is 12.9. The van der Waals surface area contributed by atoms with Crippen LogP contribution in [-0.4, -0.2) is 36.5 Å². The monoisotopic (exact) mass is 445 g/mol. The van der Waals surface area contributed by atoms with Crippen LogP contribution in [0.3, 0.4) is 0 Å². The van der Waals surface area contributed by atoms with Crippen LogP contribution in [0.5, 0.6) is 0 Å². The van der Waals surface area contributed by atoms with E-state index in [1.165, 1.54) is 51.4 Å². The third-order valence-electron chi connectivity index (χ3n) is 5.53. The maximum atomic E-state index is 13.0. The number of unbranched alkanes of at least 4 members (excludes halogenated alkanes) is 9. The molecule has 0 spiro atoms. The van der Waals surface area contributed by atoms with Gasteiger partial charge in [-0.3, -0.25) is 4.79 Å². The van der Waals surface area contributed by atoms with Crippen LogP contribution in [0.4, 0.5) is 0 Å². The van der Waals surface area contributed by atoms with Gasteiger partial charge in [0.2, 0.25) is 0 Å². The predicted molar refractivity (Wildman–Crippen MR) is 134 cm³/mol. The normalized spacial score (nSPS) is 11.2. The molecule has 0 N–H and O–H groups in total. The highest BCUT2D eigenvalue weighted by atomic mass is 16.5. The van der Waals surface area contributed by atoms with E-state index < -0.39 is 0 Å². The summed E-state index contributed by atoms with van der Waals surface area (Å²) in [5.74, 6) is 0.436. The Kier molecular flexibility index (Phi) is 14.8. The number of nitrogens with zero attached hydrogens (tertiary/aromatic N) is 1. The number of rotatable bonds is 17. The molecule has 0 aliphatic carbocycles. The highest BCUT2D eigenvalue weighted by molar-refractivity contribution is 5.98. The van der Waals surface area contributed by atoms with E-state index in [0.29, 0.717) is 42.7 Å². The molecular weight excluding hydrogens is 398 g/mol. The zero-order valence-corrected chi connectivity index (χ0v) is 21.3. The summed E-state index contributed by atoms with van der Waals surface area (Å²) in [4.78, 5) is 27.4. The summed E-state index contributed by atoms with van der Waals surface area (Å²) < 4.78 is 5.46. The smallest absolute Gasteiger partial charge is 0.338 e. The van der Waals surface area contributed by atoms with Gasteiger partial charge in [0.05, 0.1) is 12.2 Å². The molecule has 0 radical (unpaired) electrons. The van der Waals surface area contributed by atoms with Crippen LogP contribution in [0.25, 0.3) is 0 Å². The van der Waals surface area contributed by atoms with Crippen molar-refractivity contribution in [1.29, 1.82) is 0 Å². The number of hydrogen-bond acceptors (Lipinski definition) is 3. The van der Waals surface area contributed by atoms with Gasteiger partial charge in [0.15, 0.2) is 0 Å². The van der Waals surface area contributed by atoms with E-state index in [0.717, 1.165) is 12.8 Å². The maximum absolute atomic E-state index is 13.0. The molecule has 0 fully saturated rings. The fourth-order valence-corrected chi connectivity index (χ4v) is 3.92. The van der Waals surface area contributed by atoms with Gasteiger partial charge in [-0.1, -0.05) is 98.5 Å². The predicted octanol–water partition coefficient (Wildman–Crippen LogP) is 7.52. The first-order chi connectivity index (χ1) is 15.3. The number of hydrogen-bond donors (Lipinski definition) is 0. The van der Waals surface area contributed by atoms with E-state index in [1.807, 2.05) is 4.90 Å². The zero-order valence-electron chi connectivity index (χ0n) is 21.3. The third-order valence-corrected chi connectivity index (χ3v) is 5.53. The Bertz CT molecular complexity index is 644. The molecule has 0 saturated carbocycles. The van der Waals surface area contributed by atoms with Crippen LogP contribution >= 0.6 is 0 Å². The Hall–Kier alpha value is -1.84. The SMILES string of the molecule is CCCCCCCCCCCCOC(=O)c1cccc(C(=O)N(CC(C)C)CC(C)C)c1. The van der Waals surface area contributed by atoms with Gasteiger partial charge < -0.3 is 9.64 Å². The molecule has 0 aliphatic rings. The molecule has 1 aromatic rings. The van der Waals surface area contributed by atoms with Crippen molar-refractivity contribution < 1.29 is 14.3 Å². The van der Waals surface area contributed by atoms with Crippen molar-refractivity contribution in [2.75, 3.05) is 19.7 Å². The van der Waals surface area contributed by atoms with Crippen LogP contribution in [0.15, 0.2) is 24.3 Å². The summed E-state index contributed by atoms with van der Waals surface area (Å²) in [5, 5.41) is 0. The van der Waals surface area contributed by atoms with Gasteiger partial charge in [0.1, 0.15) is 0 Å². The standard InChI is InChI=1S/C28H47NO3/c1-6-7-8-9-10-11-12-13-14-15-19-32-28(31)26-18-16-17-25(20-26)27(30)29(21-23(2)3)22-24(4)5/h16-18,20,23-24H,6-15,19,21-22H2,1-5H3. The summed E-state index contributed by atoms with van der Waals surface area (Å²) in [6.07, 6.45) is 12.5. The van der Waals surface area contributed by atoms with Gasteiger partial charge in [0.25, 0.3) is 5.91 Å². The molecule has 1 amide bonds. The van der Waals surface area contributed by atoms with Crippen molar-refractivity contribution in [3.63, 3.8) is 0 Å². The molecule has 0 saturated heterocycles. The van der Waals surface area contributed by atoms with Crippen LogP contribution in [0.1, 0.15) is 120 Å². The van der Waals surface area contributed by atoms with E-state index in [2.05, 4.69) is 34.6 Å². The minimum atomic E-state index is -0.338. The van der Waals surface area contributed by atoms with Gasteiger partial charge in [0, 0.05) is 18.7 Å². The molecule has 32 heavy (non-hydrogen) atoms. The second-order valence-corrected chi connectivity index (χ2v) is 9.90. The average molecular weight is 446 g/mol. The molecule has 0 atom stereocenters. The summed E-state index contributed by atoms with van der Waals surface area (Å²) in [7, 11) is 0. The van der Waals surface area contributed by atoms with Crippen molar-refractivity contribution in [2.45, 2.75) is 98.8 Å². The summed E-state index contributed by atoms with van der Waals surface area (Å²) in [5.41, 5.74) is 1.01. The number of amides is 1. The lowest BCUT2D eigenvalue weighted by atomic mass is 10.1. The molecule has 1 rings (SSSR count). The van der Waals surface area contributed by atoms with Crippen molar-refractivity contribution in [3.8, 4) is 0 Å². The lowest BCUT2D eigenvalue weighted by Gasteiger charge is -2.26. The van der Waals surface area contributed by atoms with Crippen molar-refractivity contribution in [1.82, 2.24) is 4.90 Å². The molecule has 182 valence electrons. The highest BCUT2D eigenvalue weighted by Crippen LogP contribution is 2.14. The number of ether oxygens (including phenoxy) is 1. The second-order valence-electron chi connectivity index (χ2n) is 9.90. The molecular formula is C28H47NO3. The summed E-state index contributed by atoms with van der Waals surface area (Å²) in [6.45, 7) is 12.6. The fourth-order valence-electron chi connectivity index (χ4n) is 3.92. The average Bonchev–Trinajstić information content (AvgIpc) is 2.75. The van der Waals surface area contributed by atoms with Gasteiger partial charge in [-0.25, -0.2) is 4.79 Å².